The summed E-state index contributed by atoms with van der Waals surface area (Å²) < 4.78 is 41.5. The Bertz CT molecular complexity index is 1540. The monoisotopic (exact) mass is 545 g/mol. The van der Waals surface area contributed by atoms with E-state index in [9.17, 15) is 22.8 Å². The summed E-state index contributed by atoms with van der Waals surface area (Å²) in [7, 11) is 0. The smallest absolute Gasteiger partial charge is 0.325 e. The molecule has 0 aliphatic rings. The zero-order chi connectivity index (χ0) is 26.9. The van der Waals surface area contributed by atoms with Gasteiger partial charge in [0.15, 0.2) is 5.16 Å². The second-order valence-corrected chi connectivity index (χ2v) is 10.8. The summed E-state index contributed by atoms with van der Waals surface area (Å²) in [5.74, 6) is -0.849. The molecular formula is C27H26F3N3O2S2. The van der Waals surface area contributed by atoms with Gasteiger partial charge in [0.25, 0.3) is 5.56 Å². The zero-order valence-electron chi connectivity index (χ0n) is 20.8. The van der Waals surface area contributed by atoms with Crippen LogP contribution in [0.1, 0.15) is 40.5 Å². The molecule has 194 valence electrons. The molecule has 0 aliphatic carbocycles. The molecule has 1 amide bonds. The number of aromatic nitrogens is 2. The van der Waals surface area contributed by atoms with Crippen LogP contribution < -0.4 is 10.9 Å². The minimum Gasteiger partial charge on any atom is -0.325 e. The molecule has 4 aromatic rings. The van der Waals surface area contributed by atoms with Crippen LogP contribution in [0.2, 0.25) is 0 Å². The van der Waals surface area contributed by atoms with Gasteiger partial charge < -0.3 is 5.32 Å². The molecule has 0 aliphatic heterocycles. The van der Waals surface area contributed by atoms with Gasteiger partial charge in [-0.25, -0.2) is 4.98 Å². The highest BCUT2D eigenvalue weighted by atomic mass is 32.2. The molecular weight excluding hydrogens is 519 g/mol. The van der Waals surface area contributed by atoms with E-state index >= 15 is 0 Å². The van der Waals surface area contributed by atoms with Crippen LogP contribution in [-0.4, -0.2) is 21.2 Å². The number of rotatable bonds is 7. The Morgan fingerprint density at radius 2 is 1.84 bits per heavy atom. The molecule has 0 atom stereocenters. The first kappa shape index (κ1) is 26.9. The quantitative estimate of drug-likeness (QED) is 0.199. The van der Waals surface area contributed by atoms with Crippen LogP contribution in [0, 0.1) is 20.8 Å². The number of anilines is 1. The van der Waals surface area contributed by atoms with Gasteiger partial charge in [-0.15, -0.1) is 11.3 Å². The van der Waals surface area contributed by atoms with Gasteiger partial charge in [0.05, 0.1) is 28.1 Å². The highest BCUT2D eigenvalue weighted by Gasteiger charge is 2.33. The van der Waals surface area contributed by atoms with Crippen LogP contribution in [0.3, 0.4) is 0 Å². The Balaban J connectivity index is 1.73. The number of thioether (sulfide) groups is 1. The van der Waals surface area contributed by atoms with Crippen molar-refractivity contribution in [1.29, 1.82) is 0 Å². The first-order chi connectivity index (χ1) is 17.5. The number of carbonyl (C=O) groups excluding carboxylic acids is 1. The lowest BCUT2D eigenvalue weighted by Gasteiger charge is -2.15. The molecule has 5 nitrogen and oxygen atoms in total. The summed E-state index contributed by atoms with van der Waals surface area (Å²) in [5.41, 5.74) is 2.14. The maximum Gasteiger partial charge on any atom is 0.418 e. The van der Waals surface area contributed by atoms with Crippen LogP contribution in [0.4, 0.5) is 18.9 Å². The lowest BCUT2D eigenvalue weighted by Crippen LogP contribution is -2.23. The number of aryl methyl sites for hydroxylation is 4. The standard InChI is InChI=1S/C27H26F3N3O2S2/c1-5-8-21-17(4)23-24(37-21)32-26(33(25(23)35)18-12-11-15(2)16(3)13-18)36-14-22(34)31-20-10-7-6-9-19(20)27(28,29)30/h6-7,9-13H,5,8,14H2,1-4H3,(H,31,34). The van der Waals surface area contributed by atoms with Crippen molar-refractivity contribution in [3.8, 4) is 5.69 Å². The Morgan fingerprint density at radius 1 is 1.11 bits per heavy atom. The van der Waals surface area contributed by atoms with E-state index in [1.165, 1.54) is 34.1 Å². The van der Waals surface area contributed by atoms with Crippen LogP contribution in [0.25, 0.3) is 15.9 Å². The van der Waals surface area contributed by atoms with E-state index in [4.69, 9.17) is 4.98 Å². The summed E-state index contributed by atoms with van der Waals surface area (Å²) in [6.07, 6.45) is -2.83. The maximum absolute atomic E-state index is 13.8. The van der Waals surface area contributed by atoms with Gasteiger partial charge in [-0.2, -0.15) is 13.2 Å². The van der Waals surface area contributed by atoms with Crippen LogP contribution in [-0.2, 0) is 17.4 Å². The molecule has 0 saturated carbocycles. The van der Waals surface area contributed by atoms with Crippen molar-refractivity contribution in [3.63, 3.8) is 0 Å². The van der Waals surface area contributed by atoms with Gasteiger partial charge in [-0.1, -0.05) is 43.3 Å². The van der Waals surface area contributed by atoms with Crippen LogP contribution >= 0.6 is 23.1 Å². The van der Waals surface area contributed by atoms with E-state index in [0.717, 1.165) is 52.2 Å². The van der Waals surface area contributed by atoms with Crippen molar-refractivity contribution in [2.24, 2.45) is 0 Å². The molecule has 0 unspecified atom stereocenters. The number of benzene rings is 2. The van der Waals surface area contributed by atoms with Crippen molar-refractivity contribution >= 4 is 44.9 Å². The molecule has 0 spiro atoms. The van der Waals surface area contributed by atoms with Crippen molar-refractivity contribution < 1.29 is 18.0 Å². The molecule has 0 saturated heterocycles. The lowest BCUT2D eigenvalue weighted by atomic mass is 10.1. The fourth-order valence-electron chi connectivity index (χ4n) is 4.02. The van der Waals surface area contributed by atoms with E-state index < -0.39 is 17.6 Å². The Labute approximate surface area is 220 Å². The molecule has 2 aromatic carbocycles. The second-order valence-electron chi connectivity index (χ2n) is 8.76. The minimum absolute atomic E-state index is 0.221. The van der Waals surface area contributed by atoms with Gasteiger partial charge in [0.1, 0.15) is 4.83 Å². The number of alkyl halides is 3. The van der Waals surface area contributed by atoms with E-state index in [-0.39, 0.29) is 17.0 Å². The number of fused-ring (bicyclic) bond motifs is 1. The number of nitrogens with zero attached hydrogens (tertiary/aromatic N) is 2. The second kappa shape index (κ2) is 10.7. The molecule has 2 heterocycles. The van der Waals surface area contributed by atoms with Crippen molar-refractivity contribution in [3.05, 3.63) is 79.9 Å². The largest absolute Gasteiger partial charge is 0.418 e. The van der Waals surface area contributed by atoms with E-state index in [1.807, 2.05) is 39.0 Å². The Hall–Kier alpha value is -3.11. The maximum atomic E-state index is 13.8. The number of hydrogen-bond acceptors (Lipinski definition) is 5. The molecule has 2 aromatic heterocycles. The number of nitrogens with one attached hydrogen (secondary N) is 1. The highest BCUT2D eigenvalue weighted by molar-refractivity contribution is 7.99. The minimum atomic E-state index is -4.60. The van der Waals surface area contributed by atoms with Crippen LogP contribution in [0.5, 0.6) is 0 Å². The number of amides is 1. The van der Waals surface area contributed by atoms with Gasteiger partial charge in [-0.3, -0.25) is 14.2 Å². The first-order valence-corrected chi connectivity index (χ1v) is 13.5. The molecule has 1 N–H and O–H groups in total. The lowest BCUT2D eigenvalue weighted by molar-refractivity contribution is -0.137. The van der Waals surface area contributed by atoms with E-state index in [1.54, 1.807) is 0 Å². The van der Waals surface area contributed by atoms with Gasteiger partial charge in [0.2, 0.25) is 5.91 Å². The summed E-state index contributed by atoms with van der Waals surface area (Å²) in [4.78, 5) is 32.9. The highest BCUT2D eigenvalue weighted by Crippen LogP contribution is 2.35. The summed E-state index contributed by atoms with van der Waals surface area (Å²) in [6, 6.07) is 10.5. The summed E-state index contributed by atoms with van der Waals surface area (Å²) in [6.45, 7) is 7.92. The van der Waals surface area contributed by atoms with Crippen molar-refractivity contribution in [2.45, 2.75) is 51.9 Å². The molecule has 0 fully saturated rings. The third-order valence-electron chi connectivity index (χ3n) is 6.10. The van der Waals surface area contributed by atoms with Gasteiger partial charge >= 0.3 is 6.18 Å². The fraction of sp³-hybridized carbons (Fsp3) is 0.296. The van der Waals surface area contributed by atoms with E-state index in [2.05, 4.69) is 12.2 Å². The summed E-state index contributed by atoms with van der Waals surface area (Å²) in [5, 5.41) is 3.22. The van der Waals surface area contributed by atoms with E-state index in [0.29, 0.717) is 21.1 Å². The number of thiophene rings is 1. The third kappa shape index (κ3) is 5.60. The number of carbonyl (C=O) groups is 1. The normalized spacial score (nSPS) is 11.8. The van der Waals surface area contributed by atoms with Crippen LogP contribution in [0.15, 0.2) is 52.4 Å². The molecule has 0 bridgehead atoms. The topological polar surface area (TPSA) is 64.0 Å². The van der Waals surface area contributed by atoms with Crippen molar-refractivity contribution in [2.75, 3.05) is 11.1 Å². The predicted molar refractivity (Wildman–Crippen MR) is 144 cm³/mol. The zero-order valence-corrected chi connectivity index (χ0v) is 22.5. The molecule has 37 heavy (non-hydrogen) atoms. The number of para-hydroxylation sites is 1. The van der Waals surface area contributed by atoms with Crippen molar-refractivity contribution in [1.82, 2.24) is 9.55 Å². The molecule has 4 rings (SSSR count). The average molecular weight is 546 g/mol. The first-order valence-electron chi connectivity index (χ1n) is 11.7. The predicted octanol–water partition coefficient (Wildman–Crippen LogP) is 7.07. The van der Waals surface area contributed by atoms with Gasteiger partial charge in [-0.05, 0) is 68.1 Å². The Morgan fingerprint density at radius 3 is 2.51 bits per heavy atom. The molecule has 10 heteroatoms. The molecule has 0 radical (unpaired) electrons. The number of hydrogen-bond donors (Lipinski definition) is 1. The average Bonchev–Trinajstić information content (AvgIpc) is 3.15. The number of halogens is 3. The van der Waals surface area contributed by atoms with Gasteiger partial charge in [0, 0.05) is 4.88 Å². The fourth-order valence-corrected chi connectivity index (χ4v) is 6.15. The third-order valence-corrected chi connectivity index (χ3v) is 8.28. The SMILES string of the molecule is CCCc1sc2nc(SCC(=O)Nc3ccccc3C(F)(F)F)n(-c3ccc(C)c(C)c3)c(=O)c2c1C. The Kier molecular flexibility index (Phi) is 7.80. The summed E-state index contributed by atoms with van der Waals surface area (Å²) >= 11 is 2.48.